The summed E-state index contributed by atoms with van der Waals surface area (Å²) in [5.41, 5.74) is -0.454. The monoisotopic (exact) mass is 516 g/mol. The number of aliphatic hydroxyl groups is 1. The van der Waals surface area contributed by atoms with Crippen LogP contribution in [-0.4, -0.2) is 31.1 Å². The summed E-state index contributed by atoms with van der Waals surface area (Å²) in [5.74, 6) is -1.79. The molecular formula is C25H17F5N4O3. The lowest BCUT2D eigenvalue weighted by molar-refractivity contribution is -0.139. The number of hydrogen-bond donors (Lipinski definition) is 1. The number of halogens is 5. The zero-order chi connectivity index (χ0) is 26.3. The molecule has 37 heavy (non-hydrogen) atoms. The van der Waals surface area contributed by atoms with E-state index in [-0.39, 0.29) is 34.8 Å². The lowest BCUT2D eigenvalue weighted by Gasteiger charge is -2.33. The van der Waals surface area contributed by atoms with Crippen molar-refractivity contribution >= 4 is 5.91 Å². The number of fused-ring (bicyclic) bond motifs is 1. The second kappa shape index (κ2) is 9.36. The third kappa shape index (κ3) is 4.55. The maximum Gasteiger partial charge on any atom is 0.416 e. The van der Waals surface area contributed by atoms with E-state index in [2.05, 4.69) is 15.2 Å². The molecule has 0 saturated heterocycles. The molecule has 1 aliphatic rings. The van der Waals surface area contributed by atoms with Gasteiger partial charge in [-0.05, 0) is 41.5 Å². The van der Waals surface area contributed by atoms with E-state index in [4.69, 9.17) is 4.42 Å². The van der Waals surface area contributed by atoms with Crippen LogP contribution in [0.4, 0.5) is 22.0 Å². The van der Waals surface area contributed by atoms with Gasteiger partial charge in [0.2, 0.25) is 5.89 Å². The fourth-order valence-electron chi connectivity index (χ4n) is 4.35. The van der Waals surface area contributed by atoms with Gasteiger partial charge in [0.15, 0.2) is 0 Å². The Morgan fingerprint density at radius 3 is 2.43 bits per heavy atom. The molecule has 0 bridgehead atoms. The number of alkyl halides is 5. The van der Waals surface area contributed by atoms with E-state index < -0.39 is 42.1 Å². The fraction of sp³-hybridized carbons (Fsp3) is 0.200. The Morgan fingerprint density at radius 2 is 1.76 bits per heavy atom. The van der Waals surface area contributed by atoms with Crippen molar-refractivity contribution < 1.29 is 36.3 Å². The molecule has 1 N–H and O–H groups in total. The van der Waals surface area contributed by atoms with Gasteiger partial charge in [-0.1, -0.05) is 30.3 Å². The van der Waals surface area contributed by atoms with Crippen molar-refractivity contribution in [3.8, 4) is 11.5 Å². The number of aromatic nitrogens is 3. The Hall–Kier alpha value is -4.19. The Labute approximate surface area is 206 Å². The summed E-state index contributed by atoms with van der Waals surface area (Å²) in [6.45, 7) is -0.110. The van der Waals surface area contributed by atoms with Crippen molar-refractivity contribution in [2.45, 2.75) is 31.3 Å². The first-order valence-electron chi connectivity index (χ1n) is 11.0. The normalized spacial score (nSPS) is 15.2. The van der Waals surface area contributed by atoms with Crippen LogP contribution in [0.15, 0.2) is 71.3 Å². The molecule has 2 aromatic heterocycles. The summed E-state index contributed by atoms with van der Waals surface area (Å²) >= 11 is 0. The van der Waals surface area contributed by atoms with Gasteiger partial charge < -0.3 is 14.4 Å². The number of pyridine rings is 1. The van der Waals surface area contributed by atoms with Gasteiger partial charge >= 0.3 is 12.6 Å². The molecule has 4 aromatic rings. The SMILES string of the molecule is O=C1c2cc(-c3nnc(C(F)F)o3)ccc2CN1[C@H](c1ccccc1C(F)(F)F)[C@@H](O)c1ccccn1. The molecule has 0 aliphatic carbocycles. The zero-order valence-corrected chi connectivity index (χ0v) is 18.7. The molecule has 12 heteroatoms. The molecule has 7 nitrogen and oxygen atoms in total. The van der Waals surface area contributed by atoms with Crippen LogP contribution in [0, 0.1) is 0 Å². The van der Waals surface area contributed by atoms with Crippen LogP contribution in [0.3, 0.4) is 0 Å². The number of hydrogen-bond acceptors (Lipinski definition) is 6. The maximum atomic E-state index is 13.9. The van der Waals surface area contributed by atoms with Crippen LogP contribution in [0.2, 0.25) is 0 Å². The maximum absolute atomic E-state index is 13.9. The summed E-state index contributed by atoms with van der Waals surface area (Å²) < 4.78 is 72.5. The van der Waals surface area contributed by atoms with Crippen molar-refractivity contribution in [2.75, 3.05) is 0 Å². The predicted molar refractivity (Wildman–Crippen MR) is 118 cm³/mol. The van der Waals surface area contributed by atoms with E-state index in [0.717, 1.165) is 11.0 Å². The van der Waals surface area contributed by atoms with Crippen molar-refractivity contribution in [1.29, 1.82) is 0 Å². The van der Waals surface area contributed by atoms with Gasteiger partial charge in [-0.3, -0.25) is 9.78 Å². The van der Waals surface area contributed by atoms with E-state index in [1.165, 1.54) is 48.7 Å². The number of carbonyl (C=O) groups excluding carboxylic acids is 1. The first kappa shape index (κ1) is 24.5. The van der Waals surface area contributed by atoms with Crippen LogP contribution in [0.1, 0.15) is 57.2 Å². The highest BCUT2D eigenvalue weighted by Crippen LogP contribution is 2.44. The summed E-state index contributed by atoms with van der Waals surface area (Å²) in [7, 11) is 0. The number of benzene rings is 2. The van der Waals surface area contributed by atoms with Gasteiger partial charge in [-0.25, -0.2) is 0 Å². The zero-order valence-electron chi connectivity index (χ0n) is 18.7. The largest absolute Gasteiger partial charge is 0.416 e. The fourth-order valence-corrected chi connectivity index (χ4v) is 4.35. The van der Waals surface area contributed by atoms with E-state index in [9.17, 15) is 31.9 Å². The van der Waals surface area contributed by atoms with Crippen LogP contribution < -0.4 is 0 Å². The Bertz CT molecular complexity index is 1440. The lowest BCUT2D eigenvalue weighted by atomic mass is 9.92. The van der Waals surface area contributed by atoms with Crippen molar-refractivity contribution in [3.05, 3.63) is 101 Å². The van der Waals surface area contributed by atoms with Gasteiger partial charge in [0, 0.05) is 23.9 Å². The molecule has 0 unspecified atom stereocenters. The van der Waals surface area contributed by atoms with Gasteiger partial charge in [0.05, 0.1) is 17.3 Å². The quantitative estimate of drug-likeness (QED) is 0.340. The Kier molecular flexibility index (Phi) is 6.20. The molecule has 2 atom stereocenters. The van der Waals surface area contributed by atoms with Crippen molar-refractivity contribution in [3.63, 3.8) is 0 Å². The average molecular weight is 516 g/mol. The van der Waals surface area contributed by atoms with Crippen LogP contribution in [0.25, 0.3) is 11.5 Å². The molecule has 1 aliphatic heterocycles. The first-order valence-corrected chi connectivity index (χ1v) is 11.0. The topological polar surface area (TPSA) is 92.4 Å². The Morgan fingerprint density at radius 1 is 1.00 bits per heavy atom. The van der Waals surface area contributed by atoms with E-state index in [1.807, 2.05) is 0 Å². The number of nitrogens with zero attached hydrogens (tertiary/aromatic N) is 4. The van der Waals surface area contributed by atoms with E-state index in [0.29, 0.717) is 5.56 Å². The molecule has 190 valence electrons. The number of carbonyl (C=O) groups is 1. The molecule has 0 spiro atoms. The number of aliphatic hydroxyl groups excluding tert-OH is 1. The minimum Gasteiger partial charge on any atom is -0.415 e. The van der Waals surface area contributed by atoms with Gasteiger partial charge in [0.25, 0.3) is 11.8 Å². The second-order valence-electron chi connectivity index (χ2n) is 8.28. The molecule has 2 aromatic carbocycles. The predicted octanol–water partition coefficient (Wildman–Crippen LogP) is 5.52. The molecule has 0 radical (unpaired) electrons. The number of amides is 1. The van der Waals surface area contributed by atoms with E-state index >= 15 is 0 Å². The standard InChI is InChI=1S/C25H17F5N4O3/c26-21(27)23-33-32-22(37-23)13-8-9-14-12-34(24(36)16(14)11-13)19(20(35)18-7-3-4-10-31-18)15-5-1-2-6-17(15)25(28,29)30/h1-11,19-21,35H,12H2/t19-,20+/m1/s1. The number of rotatable bonds is 6. The highest BCUT2D eigenvalue weighted by molar-refractivity contribution is 5.99. The molecular weight excluding hydrogens is 499 g/mol. The smallest absolute Gasteiger partial charge is 0.415 e. The third-order valence-electron chi connectivity index (χ3n) is 6.03. The van der Waals surface area contributed by atoms with Crippen molar-refractivity contribution in [2.24, 2.45) is 0 Å². The highest BCUT2D eigenvalue weighted by atomic mass is 19.4. The van der Waals surface area contributed by atoms with Gasteiger partial charge in [0.1, 0.15) is 6.10 Å². The third-order valence-corrected chi connectivity index (χ3v) is 6.03. The molecule has 3 heterocycles. The lowest BCUT2D eigenvalue weighted by Crippen LogP contribution is -2.35. The van der Waals surface area contributed by atoms with Crippen LogP contribution in [0.5, 0.6) is 0 Å². The minimum atomic E-state index is -4.75. The van der Waals surface area contributed by atoms with Crippen LogP contribution >= 0.6 is 0 Å². The molecule has 5 rings (SSSR count). The second-order valence-corrected chi connectivity index (χ2v) is 8.28. The highest BCUT2D eigenvalue weighted by Gasteiger charge is 2.43. The van der Waals surface area contributed by atoms with Gasteiger partial charge in [-0.2, -0.15) is 22.0 Å². The molecule has 0 fully saturated rings. The summed E-state index contributed by atoms with van der Waals surface area (Å²) in [6.07, 6.45) is -7.93. The van der Waals surface area contributed by atoms with Gasteiger partial charge in [-0.15, -0.1) is 10.2 Å². The first-order chi connectivity index (χ1) is 17.6. The Balaban J connectivity index is 1.57. The van der Waals surface area contributed by atoms with E-state index in [1.54, 1.807) is 12.1 Å². The summed E-state index contributed by atoms with van der Waals surface area (Å²) in [4.78, 5) is 18.7. The average Bonchev–Trinajstić information content (AvgIpc) is 3.50. The van der Waals surface area contributed by atoms with Crippen molar-refractivity contribution in [1.82, 2.24) is 20.1 Å². The molecule has 1 amide bonds. The van der Waals surface area contributed by atoms with Crippen LogP contribution in [-0.2, 0) is 12.7 Å². The minimum absolute atomic E-state index is 0.0827. The summed E-state index contributed by atoms with van der Waals surface area (Å²) in [5, 5.41) is 18.1. The molecule has 0 saturated carbocycles. The summed E-state index contributed by atoms with van der Waals surface area (Å²) in [6, 6.07) is 12.2.